The lowest BCUT2D eigenvalue weighted by atomic mass is 9.89. The van der Waals surface area contributed by atoms with Gasteiger partial charge in [-0.05, 0) is 67.3 Å². The van der Waals surface area contributed by atoms with Crippen molar-refractivity contribution < 1.29 is 23.7 Å². The van der Waals surface area contributed by atoms with Gasteiger partial charge in [-0.2, -0.15) is 0 Å². The highest BCUT2D eigenvalue weighted by Gasteiger charge is 2.22. The summed E-state index contributed by atoms with van der Waals surface area (Å²) in [4.78, 5) is 2.44. The molecule has 5 rings (SSSR count). The fraction of sp³-hybridized carbons (Fsp3) is 0.286. The molecule has 0 aliphatic carbocycles. The van der Waals surface area contributed by atoms with Crippen LogP contribution in [-0.4, -0.2) is 42.9 Å². The zero-order valence-corrected chi connectivity index (χ0v) is 19.9. The van der Waals surface area contributed by atoms with E-state index in [1.165, 1.54) is 5.56 Å². The van der Waals surface area contributed by atoms with Gasteiger partial charge in [0.25, 0.3) is 5.90 Å². The van der Waals surface area contributed by atoms with Crippen molar-refractivity contribution in [1.82, 2.24) is 4.90 Å². The number of rotatable bonds is 7. The maximum Gasteiger partial charge on any atom is 0.336 e. The summed E-state index contributed by atoms with van der Waals surface area (Å²) >= 11 is 0. The van der Waals surface area contributed by atoms with E-state index in [2.05, 4.69) is 29.7 Å². The largest absolute Gasteiger partial charge is 0.488 e. The highest BCUT2D eigenvalue weighted by atomic mass is 16.5. The highest BCUT2D eigenvalue weighted by Crippen LogP contribution is 2.32. The zero-order chi connectivity index (χ0) is 24.4. The molecule has 7 heteroatoms. The van der Waals surface area contributed by atoms with Gasteiger partial charge in [-0.1, -0.05) is 24.8 Å². The van der Waals surface area contributed by atoms with Gasteiger partial charge < -0.3 is 18.3 Å². The van der Waals surface area contributed by atoms with E-state index >= 15 is 0 Å². The summed E-state index contributed by atoms with van der Waals surface area (Å²) in [5.41, 5.74) is 3.97. The van der Waals surface area contributed by atoms with Crippen molar-refractivity contribution in [2.75, 3.05) is 26.2 Å². The average Bonchev–Trinajstić information content (AvgIpc) is 3.49. The van der Waals surface area contributed by atoms with E-state index in [0.29, 0.717) is 29.6 Å². The number of piperidine rings is 1. The Kier molecular flexibility index (Phi) is 6.42. The molecule has 3 N–H and O–H groups in total. The third-order valence-electron chi connectivity index (χ3n) is 6.43. The number of hydrogen-bond acceptors (Lipinski definition) is 6. The molecule has 7 nitrogen and oxygen atoms in total. The van der Waals surface area contributed by atoms with Crippen molar-refractivity contribution in [2.24, 2.45) is 0 Å². The van der Waals surface area contributed by atoms with E-state index in [1.54, 1.807) is 19.3 Å². The third-order valence-corrected chi connectivity index (χ3v) is 6.43. The second-order valence-corrected chi connectivity index (χ2v) is 9.13. The van der Waals surface area contributed by atoms with Gasteiger partial charge in [-0.15, -0.1) is 0 Å². The second-order valence-electron chi connectivity index (χ2n) is 9.13. The van der Waals surface area contributed by atoms with Crippen molar-refractivity contribution >= 4 is 33.7 Å². The number of nitrogens with two attached hydrogens (primary N) is 1. The van der Waals surface area contributed by atoms with Crippen LogP contribution in [0.2, 0.25) is 0 Å². The van der Waals surface area contributed by atoms with Crippen LogP contribution in [0.4, 0.5) is 0 Å². The van der Waals surface area contributed by atoms with Crippen molar-refractivity contribution in [2.45, 2.75) is 25.7 Å². The standard InChI is InChI=1S/C28H29N3O4/c1-18(16-31-11-8-20(9-12-31)22-7-6-21-10-13-32-26(21)14-22)17-33-24-4-3-5-25-23(24)15-27(35-25)28(30)34-19(2)29/h3-7,10,13-15,20,29-30H,1,8-9,11-12,16-17H2,2H3/p+1. The maximum absolute atomic E-state index is 7.99. The molecular weight excluding hydrogens is 442 g/mol. The fourth-order valence-corrected chi connectivity index (χ4v) is 4.67. The third kappa shape index (κ3) is 5.15. The van der Waals surface area contributed by atoms with Crippen LogP contribution in [0, 0.1) is 5.41 Å². The molecular formula is C28H30N3O4+. The quantitative estimate of drug-likeness (QED) is 0.234. The van der Waals surface area contributed by atoms with Gasteiger partial charge in [0, 0.05) is 18.0 Å². The predicted octanol–water partition coefficient (Wildman–Crippen LogP) is 4.51. The summed E-state index contributed by atoms with van der Waals surface area (Å²) in [5.74, 6) is 1.59. The molecule has 0 saturated carbocycles. The summed E-state index contributed by atoms with van der Waals surface area (Å²) in [6.07, 6.45) is 3.98. The average molecular weight is 473 g/mol. The first kappa shape index (κ1) is 22.9. The molecule has 2 aromatic heterocycles. The highest BCUT2D eigenvalue weighted by molar-refractivity contribution is 6.00. The van der Waals surface area contributed by atoms with Crippen LogP contribution in [0.1, 0.15) is 37.0 Å². The first-order chi connectivity index (χ1) is 17.0. The number of furan rings is 2. The predicted molar refractivity (Wildman–Crippen MR) is 136 cm³/mol. The van der Waals surface area contributed by atoms with E-state index < -0.39 is 0 Å². The van der Waals surface area contributed by atoms with Gasteiger partial charge in [0.1, 0.15) is 23.5 Å². The topological polar surface area (TPSA) is 97.4 Å². The molecule has 35 heavy (non-hydrogen) atoms. The number of nitrogens with zero attached hydrogens (tertiary/aromatic N) is 1. The van der Waals surface area contributed by atoms with Crippen LogP contribution < -0.4 is 10.1 Å². The molecule has 3 heterocycles. The van der Waals surface area contributed by atoms with Crippen molar-refractivity contribution in [3.05, 3.63) is 78.3 Å². The Morgan fingerprint density at radius 3 is 2.77 bits per heavy atom. The van der Waals surface area contributed by atoms with Gasteiger partial charge in [0.15, 0.2) is 5.76 Å². The van der Waals surface area contributed by atoms with E-state index in [0.717, 1.165) is 54.4 Å². The lowest BCUT2D eigenvalue weighted by Gasteiger charge is -2.32. The Morgan fingerprint density at radius 2 is 1.97 bits per heavy atom. The van der Waals surface area contributed by atoms with E-state index in [9.17, 15) is 0 Å². The molecule has 1 aliphatic heterocycles. The minimum absolute atomic E-state index is 0.135. The van der Waals surface area contributed by atoms with Crippen molar-refractivity contribution in [3.8, 4) is 5.75 Å². The maximum atomic E-state index is 7.99. The Balaban J connectivity index is 1.14. The van der Waals surface area contributed by atoms with Gasteiger partial charge in [-0.3, -0.25) is 10.3 Å². The van der Waals surface area contributed by atoms with Crippen LogP contribution in [0.3, 0.4) is 0 Å². The smallest absolute Gasteiger partial charge is 0.336 e. The summed E-state index contributed by atoms with van der Waals surface area (Å²) in [5, 5.41) is 15.5. The monoisotopic (exact) mass is 472 g/mol. The molecule has 2 aromatic carbocycles. The Hall–Kier alpha value is -3.84. The number of fused-ring (bicyclic) bond motifs is 2. The summed E-state index contributed by atoms with van der Waals surface area (Å²) in [6.45, 7) is 9.10. The summed E-state index contributed by atoms with van der Waals surface area (Å²) < 4.78 is 22.5. The van der Waals surface area contributed by atoms with E-state index in [4.69, 9.17) is 29.1 Å². The number of ether oxygens (including phenoxy) is 2. The molecule has 0 amide bonds. The normalized spacial score (nSPS) is 14.9. The molecule has 180 valence electrons. The van der Waals surface area contributed by atoms with Gasteiger partial charge in [-0.25, -0.2) is 5.41 Å². The van der Waals surface area contributed by atoms with Crippen molar-refractivity contribution in [1.29, 1.82) is 5.41 Å². The number of nitrogens with one attached hydrogen (secondary N) is 1. The van der Waals surface area contributed by atoms with Crippen LogP contribution in [0.25, 0.3) is 21.9 Å². The van der Waals surface area contributed by atoms with Gasteiger partial charge in [0.05, 0.1) is 18.6 Å². The number of hydrogen-bond donors (Lipinski definition) is 2. The Morgan fingerprint density at radius 1 is 1.14 bits per heavy atom. The van der Waals surface area contributed by atoms with E-state index in [-0.39, 0.29) is 11.8 Å². The lowest BCUT2D eigenvalue weighted by Crippen LogP contribution is -2.40. The van der Waals surface area contributed by atoms with E-state index in [1.807, 2.05) is 24.3 Å². The number of likely N-dealkylation sites (tertiary alicyclic amines) is 1. The van der Waals surface area contributed by atoms with Crippen molar-refractivity contribution in [3.63, 3.8) is 0 Å². The Bertz CT molecular complexity index is 1390. The molecule has 1 aliphatic rings. The van der Waals surface area contributed by atoms with Crippen LogP contribution in [-0.2, 0) is 4.74 Å². The Labute approximate surface area is 203 Å². The molecule has 1 saturated heterocycles. The molecule has 0 spiro atoms. The first-order valence-corrected chi connectivity index (χ1v) is 11.8. The fourth-order valence-electron chi connectivity index (χ4n) is 4.67. The molecule has 4 aromatic rings. The minimum Gasteiger partial charge on any atom is -0.488 e. The van der Waals surface area contributed by atoms with Crippen LogP contribution in [0.15, 0.2) is 75.8 Å². The SMILES string of the molecule is C=C(COc1cccc2oc(C(=N)OC(C)=[NH2+])cc12)CN1CCC(c2ccc3ccoc3c2)CC1. The number of benzene rings is 2. The minimum atomic E-state index is -0.135. The van der Waals surface area contributed by atoms with Crippen LogP contribution in [0.5, 0.6) is 5.75 Å². The molecule has 1 fully saturated rings. The lowest BCUT2D eigenvalue weighted by molar-refractivity contribution is -0.133. The summed E-state index contributed by atoms with van der Waals surface area (Å²) in [6, 6.07) is 15.9. The molecule has 0 bridgehead atoms. The first-order valence-electron chi connectivity index (χ1n) is 11.8. The van der Waals surface area contributed by atoms with Crippen LogP contribution >= 0.6 is 0 Å². The van der Waals surface area contributed by atoms with Gasteiger partial charge >= 0.3 is 5.90 Å². The van der Waals surface area contributed by atoms with Gasteiger partial charge in [0.2, 0.25) is 0 Å². The summed E-state index contributed by atoms with van der Waals surface area (Å²) in [7, 11) is 0. The zero-order valence-electron chi connectivity index (χ0n) is 19.9. The second kappa shape index (κ2) is 9.80. The molecule has 0 unspecified atom stereocenters. The molecule has 0 atom stereocenters. The molecule has 0 radical (unpaired) electrons.